The van der Waals surface area contributed by atoms with E-state index in [1.54, 1.807) is 0 Å². The molecule has 0 aromatic rings. The first-order chi connectivity index (χ1) is 19.3. The van der Waals surface area contributed by atoms with E-state index in [9.17, 15) is 19.2 Å². The highest BCUT2D eigenvalue weighted by atomic mass is 16.6. The van der Waals surface area contributed by atoms with Gasteiger partial charge in [0.2, 0.25) is 0 Å². The van der Waals surface area contributed by atoms with Crippen molar-refractivity contribution in [2.24, 2.45) is 34.0 Å². The smallest absolute Gasteiger partial charge is 0.323 e. The lowest BCUT2D eigenvalue weighted by atomic mass is 9.65. The van der Waals surface area contributed by atoms with Gasteiger partial charge in [-0.05, 0) is 77.6 Å². The molecular formula is C36H65NO6. The Kier molecular flexibility index (Phi) is 14.1. The Labute approximate surface area is 263 Å². The van der Waals surface area contributed by atoms with Gasteiger partial charge in [-0.25, -0.2) is 0 Å². The molecule has 0 aromatic heterocycles. The molecule has 0 radical (unpaired) electrons. The molecule has 7 nitrogen and oxygen atoms in total. The molecule has 1 fully saturated rings. The Morgan fingerprint density at radius 2 is 1.12 bits per heavy atom. The molecule has 0 heterocycles. The maximum Gasteiger partial charge on any atom is 0.323 e. The maximum atomic E-state index is 13.6. The molecule has 43 heavy (non-hydrogen) atoms. The number of carbonyl (C=O) groups excluding carboxylic acids is 4. The van der Waals surface area contributed by atoms with Crippen molar-refractivity contribution < 1.29 is 28.7 Å². The summed E-state index contributed by atoms with van der Waals surface area (Å²) in [5, 5.41) is 3.40. The molecule has 0 saturated heterocycles. The fourth-order valence-electron chi connectivity index (χ4n) is 6.61. The van der Waals surface area contributed by atoms with Crippen molar-refractivity contribution in [3.05, 3.63) is 0 Å². The summed E-state index contributed by atoms with van der Waals surface area (Å²) in [6.45, 7) is 27.7. The van der Waals surface area contributed by atoms with Crippen molar-refractivity contribution in [1.29, 1.82) is 0 Å². The van der Waals surface area contributed by atoms with Crippen LogP contribution in [-0.2, 0) is 28.7 Å². The predicted molar refractivity (Wildman–Crippen MR) is 174 cm³/mol. The minimum Gasteiger partial charge on any atom is -0.462 e. The first-order valence-electron chi connectivity index (χ1n) is 16.6. The number of esters is 2. The predicted octanol–water partition coefficient (Wildman–Crippen LogP) is 7.87. The van der Waals surface area contributed by atoms with E-state index in [0.717, 1.165) is 0 Å². The standard InChI is InChI=1S/C36H65NO6/c1-23(2)19-25(21-29(38)35(11,12)22-36(13,14)32(41)33(5,6)7)30(39)42-26-15-17-27(18-16-26)43-31(40)28(20-24(3)4)37-34(8,9)10/h23-28,37H,15-22H2,1-14H3. The number of Topliss-reactive ketones (excluding diaryl/α,β-unsaturated/α-hetero) is 2. The van der Waals surface area contributed by atoms with Gasteiger partial charge in [0.25, 0.3) is 0 Å². The fraction of sp³-hybridized carbons (Fsp3) is 0.889. The number of rotatable bonds is 15. The van der Waals surface area contributed by atoms with E-state index in [1.807, 2.05) is 83.1 Å². The summed E-state index contributed by atoms with van der Waals surface area (Å²) in [4.78, 5) is 53.1. The van der Waals surface area contributed by atoms with Crippen molar-refractivity contribution >= 4 is 23.5 Å². The summed E-state index contributed by atoms with van der Waals surface area (Å²) >= 11 is 0. The second kappa shape index (κ2) is 15.5. The summed E-state index contributed by atoms with van der Waals surface area (Å²) < 4.78 is 11.9. The van der Waals surface area contributed by atoms with Crippen molar-refractivity contribution in [3.63, 3.8) is 0 Å². The van der Waals surface area contributed by atoms with Crippen LogP contribution < -0.4 is 5.32 Å². The molecule has 0 amide bonds. The quantitative estimate of drug-likeness (QED) is 0.189. The molecule has 0 spiro atoms. The van der Waals surface area contributed by atoms with Gasteiger partial charge in [-0.2, -0.15) is 0 Å². The average Bonchev–Trinajstić information content (AvgIpc) is 2.81. The normalized spacial score (nSPS) is 20.1. The van der Waals surface area contributed by atoms with E-state index < -0.39 is 22.2 Å². The van der Waals surface area contributed by atoms with Crippen LogP contribution >= 0.6 is 0 Å². The van der Waals surface area contributed by atoms with Gasteiger partial charge in [0.1, 0.15) is 29.8 Å². The van der Waals surface area contributed by atoms with Crippen molar-refractivity contribution in [2.75, 3.05) is 0 Å². The summed E-state index contributed by atoms with van der Waals surface area (Å²) in [5.74, 6) is -0.367. The maximum absolute atomic E-state index is 13.6. The second-order valence-electron chi connectivity index (χ2n) is 17.3. The lowest BCUT2D eigenvalue weighted by Crippen LogP contribution is -2.49. The van der Waals surface area contributed by atoms with Crippen molar-refractivity contribution in [3.8, 4) is 0 Å². The molecule has 0 aromatic carbocycles. The third kappa shape index (κ3) is 13.8. The highest BCUT2D eigenvalue weighted by molar-refractivity contribution is 5.91. The van der Waals surface area contributed by atoms with Gasteiger partial charge in [0.15, 0.2) is 0 Å². The van der Waals surface area contributed by atoms with Gasteiger partial charge in [-0.15, -0.1) is 0 Å². The topological polar surface area (TPSA) is 98.8 Å². The monoisotopic (exact) mass is 607 g/mol. The molecule has 2 atom stereocenters. The highest BCUT2D eigenvalue weighted by Crippen LogP contribution is 2.41. The van der Waals surface area contributed by atoms with Crippen LogP contribution in [0.2, 0.25) is 0 Å². The van der Waals surface area contributed by atoms with Crippen LogP contribution in [-0.4, -0.2) is 47.3 Å². The average molecular weight is 608 g/mol. The van der Waals surface area contributed by atoms with E-state index in [1.165, 1.54) is 0 Å². The van der Waals surface area contributed by atoms with Crippen LogP contribution in [0.25, 0.3) is 0 Å². The lowest BCUT2D eigenvalue weighted by Gasteiger charge is -2.37. The molecule has 0 bridgehead atoms. The van der Waals surface area contributed by atoms with E-state index >= 15 is 0 Å². The Morgan fingerprint density at radius 3 is 1.51 bits per heavy atom. The number of nitrogens with one attached hydrogen (secondary N) is 1. The lowest BCUT2D eigenvalue weighted by molar-refractivity contribution is -0.163. The van der Waals surface area contributed by atoms with E-state index in [4.69, 9.17) is 9.47 Å². The Hall–Kier alpha value is -1.76. The largest absolute Gasteiger partial charge is 0.462 e. The van der Waals surface area contributed by atoms with Crippen LogP contribution in [0, 0.1) is 34.0 Å². The zero-order chi connectivity index (χ0) is 33.6. The summed E-state index contributed by atoms with van der Waals surface area (Å²) in [6.07, 6.45) is 3.91. The molecule has 1 aliphatic rings. The first-order valence-corrected chi connectivity index (χ1v) is 16.6. The first kappa shape index (κ1) is 39.3. The van der Waals surface area contributed by atoms with Crippen molar-refractivity contribution in [1.82, 2.24) is 5.32 Å². The van der Waals surface area contributed by atoms with E-state index in [0.29, 0.717) is 50.9 Å². The van der Waals surface area contributed by atoms with Gasteiger partial charge >= 0.3 is 11.9 Å². The third-order valence-corrected chi connectivity index (χ3v) is 8.24. The molecule has 2 unspecified atom stereocenters. The minimum absolute atomic E-state index is 0.0136. The molecule has 7 heteroatoms. The van der Waals surface area contributed by atoms with E-state index in [2.05, 4.69) is 19.2 Å². The number of hydrogen-bond acceptors (Lipinski definition) is 7. The number of ether oxygens (including phenoxy) is 2. The van der Waals surface area contributed by atoms with Crippen LogP contribution in [0.4, 0.5) is 0 Å². The highest BCUT2D eigenvalue weighted by Gasteiger charge is 2.43. The summed E-state index contributed by atoms with van der Waals surface area (Å²) in [7, 11) is 0. The number of hydrogen-bond donors (Lipinski definition) is 1. The Bertz CT molecular complexity index is 942. The number of ketones is 2. The molecule has 250 valence electrons. The molecule has 1 aliphatic carbocycles. The van der Waals surface area contributed by atoms with Gasteiger partial charge < -0.3 is 9.47 Å². The fourth-order valence-corrected chi connectivity index (χ4v) is 6.61. The summed E-state index contributed by atoms with van der Waals surface area (Å²) in [5.41, 5.74) is -2.11. The zero-order valence-electron chi connectivity index (χ0n) is 30.1. The van der Waals surface area contributed by atoms with E-state index in [-0.39, 0.29) is 59.6 Å². The van der Waals surface area contributed by atoms with Crippen LogP contribution in [0.5, 0.6) is 0 Å². The SMILES string of the molecule is CC(C)CC(CC(=O)C(C)(C)CC(C)(C)C(=O)C(C)(C)C)C(=O)OC1CCC(OC(=O)C(CC(C)C)NC(C)(C)C)CC1. The third-order valence-electron chi connectivity index (χ3n) is 8.24. The Morgan fingerprint density at radius 1 is 0.674 bits per heavy atom. The Balaban J connectivity index is 2.81. The zero-order valence-corrected chi connectivity index (χ0v) is 30.1. The molecule has 1 rings (SSSR count). The van der Waals surface area contributed by atoms with Gasteiger partial charge in [-0.3, -0.25) is 24.5 Å². The minimum atomic E-state index is -0.753. The molecule has 0 aliphatic heterocycles. The van der Waals surface area contributed by atoms with Gasteiger partial charge in [0.05, 0.1) is 5.92 Å². The molecular weight excluding hydrogens is 542 g/mol. The number of carbonyl (C=O) groups is 4. The molecule has 1 saturated carbocycles. The summed E-state index contributed by atoms with van der Waals surface area (Å²) in [6, 6.07) is -0.355. The van der Waals surface area contributed by atoms with Crippen molar-refractivity contribution in [2.45, 2.75) is 172 Å². The van der Waals surface area contributed by atoms with Crippen LogP contribution in [0.3, 0.4) is 0 Å². The van der Waals surface area contributed by atoms with Crippen LogP contribution in [0.15, 0.2) is 0 Å². The van der Waals surface area contributed by atoms with Gasteiger partial charge in [-0.1, -0.05) is 76.2 Å². The molecule has 1 N–H and O–H groups in total. The van der Waals surface area contributed by atoms with Gasteiger partial charge in [0, 0.05) is 28.2 Å². The van der Waals surface area contributed by atoms with Crippen LogP contribution in [0.1, 0.15) is 148 Å². The second-order valence-corrected chi connectivity index (χ2v) is 17.3.